The average Bonchev–Trinajstić information content (AvgIpc) is 2.63. The molecule has 30 heavy (non-hydrogen) atoms. The Morgan fingerprint density at radius 3 is 2.17 bits per heavy atom. The molecule has 1 aromatic carbocycles. The molecular weight excluding hydrogens is 388 g/mol. The van der Waals surface area contributed by atoms with E-state index in [9.17, 15) is 14.4 Å². The molecule has 1 aromatic rings. The van der Waals surface area contributed by atoms with Gasteiger partial charge in [0.25, 0.3) is 5.91 Å². The molecule has 2 amide bonds. The number of alkyl carbamates (subject to hydrolysis) is 1. The lowest BCUT2D eigenvalue weighted by Crippen LogP contribution is -2.62. The summed E-state index contributed by atoms with van der Waals surface area (Å²) in [7, 11) is 1.20. The first-order valence-corrected chi connectivity index (χ1v) is 9.42. The highest BCUT2D eigenvalue weighted by Gasteiger charge is 2.39. The topological polar surface area (TPSA) is 103 Å². The fraction of sp³-hybridized carbons (Fsp3) is 0.500. The van der Waals surface area contributed by atoms with Crippen LogP contribution in [0.1, 0.15) is 51.9 Å². The Morgan fingerprint density at radius 1 is 1.07 bits per heavy atom. The number of ether oxygens (including phenoxy) is 3. The normalized spacial score (nSPS) is 12.0. The Balaban J connectivity index is 2.93. The molecule has 164 valence electrons. The summed E-state index contributed by atoms with van der Waals surface area (Å²) in [6, 6.07) is 5.23. The fourth-order valence-electron chi connectivity index (χ4n) is 2.40. The fourth-order valence-corrected chi connectivity index (χ4v) is 2.40. The van der Waals surface area contributed by atoms with Crippen LogP contribution in [-0.4, -0.2) is 48.9 Å². The van der Waals surface area contributed by atoms with E-state index in [0.29, 0.717) is 11.3 Å². The van der Waals surface area contributed by atoms with Gasteiger partial charge < -0.3 is 24.8 Å². The van der Waals surface area contributed by atoms with Crippen LogP contribution in [0.4, 0.5) is 4.79 Å². The van der Waals surface area contributed by atoms with Crippen LogP contribution in [0.25, 0.3) is 0 Å². The number of hydrogen-bond donors (Lipinski definition) is 2. The first-order chi connectivity index (χ1) is 13.9. The summed E-state index contributed by atoms with van der Waals surface area (Å²) in [6.45, 7) is 10.3. The van der Waals surface area contributed by atoms with Gasteiger partial charge in [-0.3, -0.25) is 4.79 Å². The molecule has 0 aliphatic carbocycles. The predicted molar refractivity (Wildman–Crippen MR) is 112 cm³/mol. The summed E-state index contributed by atoms with van der Waals surface area (Å²) in [5.74, 6) is 4.85. The third-order valence-corrected chi connectivity index (χ3v) is 3.86. The highest BCUT2D eigenvalue weighted by molar-refractivity contribution is 5.97. The molecule has 0 aliphatic heterocycles. The van der Waals surface area contributed by atoms with Crippen LogP contribution in [0.15, 0.2) is 24.3 Å². The number of hydrogen-bond acceptors (Lipinski definition) is 6. The van der Waals surface area contributed by atoms with E-state index in [-0.39, 0.29) is 6.61 Å². The van der Waals surface area contributed by atoms with Gasteiger partial charge in [0.1, 0.15) is 24.0 Å². The van der Waals surface area contributed by atoms with Crippen LogP contribution in [0.3, 0.4) is 0 Å². The number of nitrogens with one attached hydrogen (secondary N) is 2. The minimum Gasteiger partial charge on any atom is -0.481 e. The first kappa shape index (κ1) is 24.8. The van der Waals surface area contributed by atoms with E-state index in [1.165, 1.54) is 7.11 Å². The van der Waals surface area contributed by atoms with E-state index >= 15 is 0 Å². The number of carbonyl (C=O) groups is 3. The van der Waals surface area contributed by atoms with Crippen molar-refractivity contribution < 1.29 is 28.6 Å². The van der Waals surface area contributed by atoms with E-state index in [4.69, 9.17) is 14.2 Å². The molecular formula is C22H30N2O6. The average molecular weight is 418 g/mol. The monoisotopic (exact) mass is 418 g/mol. The summed E-state index contributed by atoms with van der Waals surface area (Å²) in [5.41, 5.74) is -1.59. The molecule has 0 radical (unpaired) electrons. The first-order valence-electron chi connectivity index (χ1n) is 9.42. The molecule has 0 aromatic heterocycles. The van der Waals surface area contributed by atoms with Gasteiger partial charge in [0.2, 0.25) is 0 Å². The zero-order chi connectivity index (χ0) is 22.9. The Hall–Kier alpha value is -3.21. The lowest BCUT2D eigenvalue weighted by molar-refractivity contribution is -0.144. The Morgan fingerprint density at radius 2 is 1.67 bits per heavy atom. The van der Waals surface area contributed by atoms with Crippen molar-refractivity contribution in [2.75, 3.05) is 13.7 Å². The molecule has 0 bridgehead atoms. The zero-order valence-electron chi connectivity index (χ0n) is 18.5. The number of esters is 1. The number of benzene rings is 1. The standard InChI is InChI=1S/C22H30N2O6/c1-8-9-14-29-16-12-10-15(11-13-16)18(25)23-17(19(26)28-7)22(5,6)24-20(27)30-21(2,3)4/h10-13,17H,14H2,1-7H3,(H,23,25)(H,24,27)/t17-/m1/s1. The van der Waals surface area contributed by atoms with Crippen LogP contribution < -0.4 is 15.4 Å². The van der Waals surface area contributed by atoms with Crippen molar-refractivity contribution in [1.82, 2.24) is 10.6 Å². The Labute approximate surface area is 177 Å². The van der Waals surface area contributed by atoms with Crippen LogP contribution in [-0.2, 0) is 14.3 Å². The third kappa shape index (κ3) is 8.03. The molecule has 1 atom stereocenters. The van der Waals surface area contributed by atoms with Gasteiger partial charge in [-0.2, -0.15) is 0 Å². The van der Waals surface area contributed by atoms with Crippen molar-refractivity contribution in [2.45, 2.75) is 58.7 Å². The van der Waals surface area contributed by atoms with Crippen molar-refractivity contribution in [3.05, 3.63) is 29.8 Å². The van der Waals surface area contributed by atoms with Gasteiger partial charge in [-0.1, -0.05) is 5.92 Å². The molecule has 8 heteroatoms. The van der Waals surface area contributed by atoms with Gasteiger partial charge in [0, 0.05) is 5.56 Å². The molecule has 8 nitrogen and oxygen atoms in total. The third-order valence-electron chi connectivity index (χ3n) is 3.86. The highest BCUT2D eigenvalue weighted by Crippen LogP contribution is 2.16. The maximum atomic E-state index is 12.7. The second kappa shape index (κ2) is 10.5. The van der Waals surface area contributed by atoms with Crippen molar-refractivity contribution in [1.29, 1.82) is 0 Å². The lowest BCUT2D eigenvalue weighted by atomic mass is 9.94. The summed E-state index contributed by atoms with van der Waals surface area (Å²) in [4.78, 5) is 37.2. The quantitative estimate of drug-likeness (QED) is 0.521. The summed E-state index contributed by atoms with van der Waals surface area (Å²) < 4.78 is 15.5. The molecule has 2 N–H and O–H groups in total. The summed E-state index contributed by atoms with van der Waals surface area (Å²) in [5, 5.41) is 5.23. The molecule has 0 spiro atoms. The zero-order valence-corrected chi connectivity index (χ0v) is 18.5. The molecule has 0 heterocycles. The van der Waals surface area contributed by atoms with Gasteiger partial charge in [0.15, 0.2) is 0 Å². The van der Waals surface area contributed by atoms with Crippen molar-refractivity contribution in [3.63, 3.8) is 0 Å². The second-order valence-corrected chi connectivity index (χ2v) is 8.02. The van der Waals surface area contributed by atoms with Gasteiger partial charge in [-0.15, -0.1) is 5.92 Å². The van der Waals surface area contributed by atoms with E-state index in [1.807, 2.05) is 0 Å². The number of methoxy groups -OCH3 is 1. The van der Waals surface area contributed by atoms with Crippen LogP contribution in [0, 0.1) is 11.8 Å². The summed E-state index contributed by atoms with van der Waals surface area (Å²) >= 11 is 0. The van der Waals surface area contributed by atoms with Crippen LogP contribution in [0.5, 0.6) is 5.75 Å². The van der Waals surface area contributed by atoms with Crippen LogP contribution in [0.2, 0.25) is 0 Å². The highest BCUT2D eigenvalue weighted by atomic mass is 16.6. The van der Waals surface area contributed by atoms with Crippen molar-refractivity contribution in [2.24, 2.45) is 0 Å². The lowest BCUT2D eigenvalue weighted by Gasteiger charge is -2.34. The molecule has 0 fully saturated rings. The van der Waals surface area contributed by atoms with E-state index in [0.717, 1.165) is 0 Å². The molecule has 0 saturated heterocycles. The van der Waals surface area contributed by atoms with Crippen molar-refractivity contribution in [3.8, 4) is 17.6 Å². The Bertz CT molecular complexity index is 813. The van der Waals surface area contributed by atoms with E-state index < -0.39 is 35.2 Å². The largest absolute Gasteiger partial charge is 0.481 e. The minimum atomic E-state index is -1.19. The van der Waals surface area contributed by atoms with Crippen LogP contribution >= 0.6 is 0 Å². The maximum Gasteiger partial charge on any atom is 0.408 e. The summed E-state index contributed by atoms with van der Waals surface area (Å²) in [6.07, 6.45) is -0.715. The molecule has 0 aliphatic rings. The number of amides is 2. The van der Waals surface area contributed by atoms with Gasteiger partial charge in [-0.05, 0) is 65.8 Å². The van der Waals surface area contributed by atoms with E-state index in [1.54, 1.807) is 65.8 Å². The smallest absolute Gasteiger partial charge is 0.408 e. The predicted octanol–water partition coefficient (Wildman–Crippen LogP) is 2.66. The van der Waals surface area contributed by atoms with Gasteiger partial charge in [0.05, 0.1) is 12.6 Å². The molecule has 1 rings (SSSR count). The number of rotatable bonds is 7. The minimum absolute atomic E-state index is 0.247. The SMILES string of the molecule is CC#CCOc1ccc(C(=O)N[C@H](C(=O)OC)C(C)(C)NC(=O)OC(C)(C)C)cc1. The van der Waals surface area contributed by atoms with Crippen molar-refractivity contribution >= 4 is 18.0 Å². The molecule has 0 saturated carbocycles. The van der Waals surface area contributed by atoms with E-state index in [2.05, 4.69) is 22.5 Å². The maximum absolute atomic E-state index is 12.7. The van der Waals surface area contributed by atoms with Gasteiger partial charge >= 0.3 is 12.1 Å². The van der Waals surface area contributed by atoms with Gasteiger partial charge in [-0.25, -0.2) is 9.59 Å². The molecule has 0 unspecified atom stereocenters. The number of carbonyl (C=O) groups excluding carboxylic acids is 3. The Kier molecular flexibility index (Phi) is 8.72. The second-order valence-electron chi connectivity index (χ2n) is 8.02.